The van der Waals surface area contributed by atoms with E-state index in [1.165, 1.54) is 12.1 Å². The first kappa shape index (κ1) is 14.5. The molecule has 4 nitrogen and oxygen atoms in total. The maximum atomic E-state index is 13.2. The Morgan fingerprint density at radius 3 is 2.80 bits per heavy atom. The van der Waals surface area contributed by atoms with E-state index in [1.807, 2.05) is 20.8 Å². The van der Waals surface area contributed by atoms with E-state index in [0.717, 1.165) is 5.56 Å². The van der Waals surface area contributed by atoms with E-state index in [4.69, 9.17) is 5.41 Å². The number of carbonyl (C=O) groups excluding carboxylic acids is 1. The van der Waals surface area contributed by atoms with Gasteiger partial charge < -0.3 is 10.2 Å². The fourth-order valence-electron chi connectivity index (χ4n) is 2.27. The Balaban J connectivity index is 1.94. The van der Waals surface area contributed by atoms with Crippen LogP contribution < -0.4 is 5.32 Å². The van der Waals surface area contributed by atoms with Crippen LogP contribution in [0.4, 0.5) is 4.39 Å². The molecule has 2 N–H and O–H groups in total. The van der Waals surface area contributed by atoms with Crippen molar-refractivity contribution >= 4 is 11.7 Å². The summed E-state index contributed by atoms with van der Waals surface area (Å²) in [5.74, 6) is -0.0729. The lowest BCUT2D eigenvalue weighted by molar-refractivity contribution is -0.122. The summed E-state index contributed by atoms with van der Waals surface area (Å²) in [5.41, 5.74) is 1.32. The normalized spacial score (nSPS) is 14.4. The molecule has 20 heavy (non-hydrogen) atoms. The number of hydrogen-bond donors (Lipinski definition) is 2. The van der Waals surface area contributed by atoms with Crippen molar-refractivity contribution in [3.05, 3.63) is 35.1 Å². The molecule has 1 amide bonds. The topological polar surface area (TPSA) is 56.2 Å². The zero-order valence-corrected chi connectivity index (χ0v) is 12.1. The Morgan fingerprint density at radius 1 is 1.45 bits per heavy atom. The van der Waals surface area contributed by atoms with Crippen molar-refractivity contribution < 1.29 is 9.18 Å². The molecule has 1 heterocycles. The smallest absolute Gasteiger partial charge is 0.222 e. The van der Waals surface area contributed by atoms with Crippen molar-refractivity contribution in [2.75, 3.05) is 6.54 Å². The average molecular weight is 277 g/mol. The summed E-state index contributed by atoms with van der Waals surface area (Å²) in [6, 6.07) is 4.49. The van der Waals surface area contributed by atoms with Crippen molar-refractivity contribution in [3.63, 3.8) is 0 Å². The minimum atomic E-state index is -0.333. The van der Waals surface area contributed by atoms with Gasteiger partial charge in [-0.2, -0.15) is 0 Å². The third-order valence-corrected chi connectivity index (χ3v) is 3.13. The van der Waals surface area contributed by atoms with E-state index in [9.17, 15) is 9.18 Å². The lowest BCUT2D eigenvalue weighted by atomic mass is 10.1. The summed E-state index contributed by atoms with van der Waals surface area (Å²) >= 11 is 0. The Hall–Kier alpha value is -1.91. The molecule has 108 valence electrons. The number of nitrogens with one attached hydrogen (secondary N) is 2. The standard InChI is InChI=1S/C15H20FN3O/c1-15(2,3)18-13(20)6-7-19-9-10-4-5-11(16)8-12(10)14(19)17/h4-5,8,17H,6-7,9H2,1-3H3,(H,18,20). The monoisotopic (exact) mass is 277 g/mol. The fourth-order valence-corrected chi connectivity index (χ4v) is 2.27. The molecule has 5 heteroatoms. The van der Waals surface area contributed by atoms with E-state index < -0.39 is 0 Å². The summed E-state index contributed by atoms with van der Waals surface area (Å²) < 4.78 is 13.2. The number of fused-ring (bicyclic) bond motifs is 1. The van der Waals surface area contributed by atoms with E-state index in [1.54, 1.807) is 11.0 Å². The molecule has 0 fully saturated rings. The first-order valence-corrected chi connectivity index (χ1v) is 6.69. The molecule has 1 aromatic rings. The molecule has 1 aliphatic rings. The molecule has 0 aromatic heterocycles. The van der Waals surface area contributed by atoms with Gasteiger partial charge in [0.1, 0.15) is 11.7 Å². The minimum Gasteiger partial charge on any atom is -0.352 e. The molecular formula is C15H20FN3O. The van der Waals surface area contributed by atoms with Gasteiger partial charge in [-0.15, -0.1) is 0 Å². The van der Waals surface area contributed by atoms with E-state index >= 15 is 0 Å². The van der Waals surface area contributed by atoms with E-state index in [2.05, 4.69) is 5.32 Å². The predicted octanol–water partition coefficient (Wildman–Crippen LogP) is 2.27. The van der Waals surface area contributed by atoms with Gasteiger partial charge in [0.15, 0.2) is 0 Å². The summed E-state index contributed by atoms with van der Waals surface area (Å²) in [4.78, 5) is 13.6. The second-order valence-corrected chi connectivity index (χ2v) is 6.12. The Bertz CT molecular complexity index is 549. The number of benzene rings is 1. The van der Waals surface area contributed by atoms with Gasteiger partial charge in [0, 0.05) is 30.6 Å². The van der Waals surface area contributed by atoms with Crippen molar-refractivity contribution in [1.29, 1.82) is 5.41 Å². The molecule has 0 unspecified atom stereocenters. The Kier molecular flexibility index (Phi) is 3.79. The number of amidine groups is 1. The van der Waals surface area contributed by atoms with Crippen LogP contribution in [0.25, 0.3) is 0 Å². The molecule has 2 rings (SSSR count). The Labute approximate surface area is 118 Å². The molecule has 0 aliphatic carbocycles. The largest absolute Gasteiger partial charge is 0.352 e. The quantitative estimate of drug-likeness (QED) is 0.890. The zero-order valence-electron chi connectivity index (χ0n) is 12.1. The SMILES string of the molecule is CC(C)(C)NC(=O)CCN1Cc2ccc(F)cc2C1=N. The van der Waals surface area contributed by atoms with E-state index in [0.29, 0.717) is 30.9 Å². The van der Waals surface area contributed by atoms with E-state index in [-0.39, 0.29) is 17.3 Å². The van der Waals surface area contributed by atoms with Gasteiger partial charge in [-0.25, -0.2) is 4.39 Å². The van der Waals surface area contributed by atoms with Crippen molar-refractivity contribution in [2.45, 2.75) is 39.3 Å². The summed E-state index contributed by atoms with van der Waals surface area (Å²) in [6.07, 6.45) is 0.329. The van der Waals surface area contributed by atoms with Gasteiger partial charge in [-0.3, -0.25) is 10.2 Å². The maximum Gasteiger partial charge on any atom is 0.222 e. The third kappa shape index (κ3) is 3.35. The van der Waals surface area contributed by atoms with Gasteiger partial charge in [0.25, 0.3) is 0 Å². The molecule has 0 bridgehead atoms. The zero-order chi connectivity index (χ0) is 14.9. The number of halogens is 1. The second-order valence-electron chi connectivity index (χ2n) is 6.12. The lowest BCUT2D eigenvalue weighted by Gasteiger charge is -2.22. The van der Waals surface area contributed by atoms with Crippen LogP contribution in [0.2, 0.25) is 0 Å². The maximum absolute atomic E-state index is 13.2. The van der Waals surface area contributed by atoms with Gasteiger partial charge >= 0.3 is 0 Å². The van der Waals surface area contributed by atoms with Crippen LogP contribution in [0.15, 0.2) is 18.2 Å². The van der Waals surface area contributed by atoms with Crippen molar-refractivity contribution in [3.8, 4) is 0 Å². The molecule has 1 aliphatic heterocycles. The molecule has 0 radical (unpaired) electrons. The van der Waals surface area contributed by atoms with Crippen molar-refractivity contribution in [2.24, 2.45) is 0 Å². The summed E-state index contributed by atoms with van der Waals surface area (Å²) in [7, 11) is 0. The summed E-state index contributed by atoms with van der Waals surface area (Å²) in [6.45, 7) is 6.83. The van der Waals surface area contributed by atoms with Crippen LogP contribution in [0, 0.1) is 11.2 Å². The highest BCUT2D eigenvalue weighted by atomic mass is 19.1. The molecule has 0 atom stereocenters. The molecule has 1 aromatic carbocycles. The van der Waals surface area contributed by atoms with Crippen LogP contribution in [0.3, 0.4) is 0 Å². The van der Waals surface area contributed by atoms with Gasteiger partial charge in [0.05, 0.1) is 0 Å². The van der Waals surface area contributed by atoms with Crippen LogP contribution >= 0.6 is 0 Å². The van der Waals surface area contributed by atoms with Crippen LogP contribution in [0.5, 0.6) is 0 Å². The minimum absolute atomic E-state index is 0.0348. The van der Waals surface area contributed by atoms with Crippen molar-refractivity contribution in [1.82, 2.24) is 10.2 Å². The highest BCUT2D eigenvalue weighted by molar-refractivity contribution is 6.00. The highest BCUT2D eigenvalue weighted by Crippen LogP contribution is 2.23. The van der Waals surface area contributed by atoms with Crippen LogP contribution in [-0.4, -0.2) is 28.7 Å². The number of hydrogen-bond acceptors (Lipinski definition) is 2. The molecule has 0 saturated heterocycles. The number of nitrogens with zero attached hydrogens (tertiary/aromatic N) is 1. The third-order valence-electron chi connectivity index (χ3n) is 3.13. The summed E-state index contributed by atoms with van der Waals surface area (Å²) in [5, 5.41) is 10.9. The van der Waals surface area contributed by atoms with Crippen LogP contribution in [-0.2, 0) is 11.3 Å². The number of amides is 1. The van der Waals surface area contributed by atoms with Crippen LogP contribution in [0.1, 0.15) is 38.3 Å². The lowest BCUT2D eigenvalue weighted by Crippen LogP contribution is -2.42. The molecule has 0 spiro atoms. The van der Waals surface area contributed by atoms with Gasteiger partial charge in [-0.1, -0.05) is 6.07 Å². The molecule has 0 saturated carbocycles. The fraction of sp³-hybridized carbons (Fsp3) is 0.467. The highest BCUT2D eigenvalue weighted by Gasteiger charge is 2.25. The first-order chi connectivity index (χ1) is 9.26. The van der Waals surface area contributed by atoms with Gasteiger partial charge in [-0.05, 0) is 38.5 Å². The number of carbonyl (C=O) groups is 1. The number of rotatable bonds is 3. The predicted molar refractivity (Wildman–Crippen MR) is 76.2 cm³/mol. The average Bonchev–Trinajstić information content (AvgIpc) is 2.62. The Morgan fingerprint density at radius 2 is 2.15 bits per heavy atom. The first-order valence-electron chi connectivity index (χ1n) is 6.69. The van der Waals surface area contributed by atoms with Gasteiger partial charge in [0.2, 0.25) is 5.91 Å². The second kappa shape index (κ2) is 5.23. The molecular weight excluding hydrogens is 257 g/mol.